The van der Waals surface area contributed by atoms with Crippen LogP contribution in [0.3, 0.4) is 0 Å². The summed E-state index contributed by atoms with van der Waals surface area (Å²) in [7, 11) is -3.63. The minimum atomic E-state index is -3.63. The molecule has 0 bridgehead atoms. The molecule has 0 aliphatic heterocycles. The fraction of sp³-hybridized carbons (Fsp3) is 0.133. The van der Waals surface area contributed by atoms with Crippen molar-refractivity contribution in [3.8, 4) is 0 Å². The number of rotatable bonds is 4. The number of nitrogens with one attached hydrogen (secondary N) is 2. The van der Waals surface area contributed by atoms with Gasteiger partial charge in [-0.15, -0.1) is 0 Å². The van der Waals surface area contributed by atoms with Gasteiger partial charge in [-0.25, -0.2) is 18.1 Å². The minimum Gasteiger partial charge on any atom is -0.341 e. The zero-order valence-corrected chi connectivity index (χ0v) is 13.3. The van der Waals surface area contributed by atoms with Gasteiger partial charge < -0.3 is 4.98 Å². The van der Waals surface area contributed by atoms with Gasteiger partial charge in [0.05, 0.1) is 22.0 Å². The Morgan fingerprint density at radius 2 is 1.82 bits per heavy atom. The monoisotopic (exact) mass is 335 g/mol. The number of aromatic amines is 1. The van der Waals surface area contributed by atoms with Crippen molar-refractivity contribution in [1.82, 2.24) is 14.7 Å². The summed E-state index contributed by atoms with van der Waals surface area (Å²) < 4.78 is 27.3. The van der Waals surface area contributed by atoms with E-state index < -0.39 is 16.1 Å². The number of benzene rings is 2. The van der Waals surface area contributed by atoms with Crippen LogP contribution in [0.15, 0.2) is 53.4 Å². The first-order valence-corrected chi connectivity index (χ1v) is 8.54. The molecule has 2 N–H and O–H groups in total. The average molecular weight is 336 g/mol. The van der Waals surface area contributed by atoms with Crippen LogP contribution in [0.5, 0.6) is 0 Å². The molecule has 5 nitrogen and oxygen atoms in total. The third kappa shape index (κ3) is 2.99. The second kappa shape index (κ2) is 5.72. The maximum atomic E-state index is 12.3. The molecule has 0 saturated heterocycles. The number of hydrogen-bond acceptors (Lipinski definition) is 3. The fourth-order valence-electron chi connectivity index (χ4n) is 2.15. The summed E-state index contributed by atoms with van der Waals surface area (Å²) in [6.07, 6.45) is 0. The number of H-pyrrole nitrogens is 1. The molecule has 0 aliphatic rings. The predicted octanol–water partition coefficient (Wildman–Crippen LogP) is 3.26. The fourth-order valence-corrected chi connectivity index (χ4v) is 3.48. The van der Waals surface area contributed by atoms with E-state index in [1.54, 1.807) is 19.1 Å². The quantitative estimate of drug-likeness (QED) is 0.768. The Morgan fingerprint density at radius 1 is 1.14 bits per heavy atom. The van der Waals surface area contributed by atoms with Crippen molar-refractivity contribution in [2.75, 3.05) is 0 Å². The molecule has 2 aromatic carbocycles. The van der Waals surface area contributed by atoms with Gasteiger partial charge in [0.15, 0.2) is 0 Å². The first-order chi connectivity index (χ1) is 10.5. The van der Waals surface area contributed by atoms with Crippen molar-refractivity contribution >= 4 is 32.7 Å². The Hall–Kier alpha value is -1.89. The van der Waals surface area contributed by atoms with Crippen molar-refractivity contribution in [3.05, 3.63) is 59.4 Å². The second-order valence-electron chi connectivity index (χ2n) is 4.94. The number of para-hydroxylation sites is 2. The SMILES string of the molecule is C[C@@H](NS(=O)(=O)c1ccc(Cl)cc1)c1nc2ccccc2[nH]1. The lowest BCUT2D eigenvalue weighted by atomic mass is 10.3. The lowest BCUT2D eigenvalue weighted by Crippen LogP contribution is -2.27. The van der Waals surface area contributed by atoms with E-state index in [1.807, 2.05) is 24.3 Å². The second-order valence-corrected chi connectivity index (χ2v) is 7.09. The zero-order chi connectivity index (χ0) is 15.7. The number of imidazole rings is 1. The highest BCUT2D eigenvalue weighted by atomic mass is 35.5. The lowest BCUT2D eigenvalue weighted by Gasteiger charge is -2.12. The van der Waals surface area contributed by atoms with Crippen LogP contribution in [-0.2, 0) is 10.0 Å². The summed E-state index contributed by atoms with van der Waals surface area (Å²) in [6.45, 7) is 1.74. The highest BCUT2D eigenvalue weighted by Gasteiger charge is 2.20. The van der Waals surface area contributed by atoms with Crippen molar-refractivity contribution in [3.63, 3.8) is 0 Å². The van der Waals surface area contributed by atoms with E-state index in [1.165, 1.54) is 12.1 Å². The largest absolute Gasteiger partial charge is 0.341 e. The molecule has 0 unspecified atom stereocenters. The summed E-state index contributed by atoms with van der Waals surface area (Å²) in [5, 5.41) is 0.490. The molecule has 0 fully saturated rings. The normalized spacial score (nSPS) is 13.4. The molecule has 0 aliphatic carbocycles. The van der Waals surface area contributed by atoms with E-state index in [9.17, 15) is 8.42 Å². The highest BCUT2D eigenvalue weighted by Crippen LogP contribution is 2.19. The van der Waals surface area contributed by atoms with Gasteiger partial charge in [-0.2, -0.15) is 0 Å². The number of hydrogen-bond donors (Lipinski definition) is 2. The maximum absolute atomic E-state index is 12.3. The van der Waals surface area contributed by atoms with Crippen LogP contribution in [0.1, 0.15) is 18.8 Å². The first kappa shape index (κ1) is 15.0. The van der Waals surface area contributed by atoms with Gasteiger partial charge in [0.1, 0.15) is 5.82 Å². The molecule has 114 valence electrons. The molecule has 1 heterocycles. The standard InChI is InChI=1S/C15H14ClN3O2S/c1-10(15-17-13-4-2-3-5-14(13)18-15)19-22(20,21)12-8-6-11(16)7-9-12/h2-10,19H,1H3,(H,17,18)/t10-/m1/s1. The van der Waals surface area contributed by atoms with E-state index >= 15 is 0 Å². The van der Waals surface area contributed by atoms with Gasteiger partial charge in [0.25, 0.3) is 0 Å². The Bertz CT molecular complexity index is 871. The molecule has 0 radical (unpaired) electrons. The van der Waals surface area contributed by atoms with Crippen LogP contribution < -0.4 is 4.72 Å². The molecule has 3 rings (SSSR count). The molecule has 22 heavy (non-hydrogen) atoms. The number of fused-ring (bicyclic) bond motifs is 1. The predicted molar refractivity (Wildman–Crippen MR) is 86.3 cm³/mol. The van der Waals surface area contributed by atoms with Crippen molar-refractivity contribution in [1.29, 1.82) is 0 Å². The van der Waals surface area contributed by atoms with Crippen molar-refractivity contribution in [2.24, 2.45) is 0 Å². The molecule has 1 atom stereocenters. The Balaban J connectivity index is 1.86. The van der Waals surface area contributed by atoms with Crippen LogP contribution in [0.4, 0.5) is 0 Å². The number of nitrogens with zero attached hydrogens (tertiary/aromatic N) is 1. The van der Waals surface area contributed by atoms with Gasteiger partial charge >= 0.3 is 0 Å². The Labute approximate surface area is 133 Å². The van der Waals surface area contributed by atoms with Crippen LogP contribution in [0, 0.1) is 0 Å². The van der Waals surface area contributed by atoms with E-state index in [0.29, 0.717) is 10.8 Å². The van der Waals surface area contributed by atoms with Crippen LogP contribution in [0.2, 0.25) is 5.02 Å². The molecular weight excluding hydrogens is 322 g/mol. The summed E-state index contributed by atoms with van der Waals surface area (Å²) in [4.78, 5) is 7.69. The molecule has 0 amide bonds. The summed E-state index contributed by atoms with van der Waals surface area (Å²) >= 11 is 5.78. The summed E-state index contributed by atoms with van der Waals surface area (Å²) in [6, 6.07) is 13.1. The number of aromatic nitrogens is 2. The first-order valence-electron chi connectivity index (χ1n) is 6.68. The van der Waals surface area contributed by atoms with Crippen LogP contribution >= 0.6 is 11.6 Å². The topological polar surface area (TPSA) is 74.8 Å². The molecule has 0 saturated carbocycles. The molecular formula is C15H14ClN3O2S. The third-order valence-corrected chi connectivity index (χ3v) is 5.08. The molecule has 7 heteroatoms. The highest BCUT2D eigenvalue weighted by molar-refractivity contribution is 7.89. The van der Waals surface area contributed by atoms with Gasteiger partial charge in [-0.1, -0.05) is 23.7 Å². The van der Waals surface area contributed by atoms with Gasteiger partial charge in [-0.3, -0.25) is 0 Å². The van der Waals surface area contributed by atoms with Crippen LogP contribution in [-0.4, -0.2) is 18.4 Å². The maximum Gasteiger partial charge on any atom is 0.241 e. The van der Waals surface area contributed by atoms with E-state index in [2.05, 4.69) is 14.7 Å². The summed E-state index contributed by atoms with van der Waals surface area (Å²) in [5.41, 5.74) is 1.67. The number of sulfonamides is 1. The summed E-state index contributed by atoms with van der Waals surface area (Å²) in [5.74, 6) is 0.568. The van der Waals surface area contributed by atoms with Crippen molar-refractivity contribution < 1.29 is 8.42 Å². The molecule has 3 aromatic rings. The average Bonchev–Trinajstić information content (AvgIpc) is 2.91. The van der Waals surface area contributed by atoms with Gasteiger partial charge in [0, 0.05) is 5.02 Å². The Morgan fingerprint density at radius 3 is 2.50 bits per heavy atom. The molecule has 0 spiro atoms. The van der Waals surface area contributed by atoms with E-state index in [-0.39, 0.29) is 4.90 Å². The molecule has 1 aromatic heterocycles. The van der Waals surface area contributed by atoms with Gasteiger partial charge in [-0.05, 0) is 43.3 Å². The third-order valence-electron chi connectivity index (χ3n) is 3.27. The van der Waals surface area contributed by atoms with E-state index in [4.69, 9.17) is 11.6 Å². The van der Waals surface area contributed by atoms with E-state index in [0.717, 1.165) is 11.0 Å². The lowest BCUT2D eigenvalue weighted by molar-refractivity contribution is 0.561. The zero-order valence-electron chi connectivity index (χ0n) is 11.7. The van der Waals surface area contributed by atoms with Crippen molar-refractivity contribution in [2.45, 2.75) is 17.9 Å². The number of halogens is 1. The van der Waals surface area contributed by atoms with Gasteiger partial charge in [0.2, 0.25) is 10.0 Å². The van der Waals surface area contributed by atoms with Crippen LogP contribution in [0.25, 0.3) is 11.0 Å². The smallest absolute Gasteiger partial charge is 0.241 e. The Kier molecular flexibility index (Phi) is 3.90. The minimum absolute atomic E-state index is 0.167.